The van der Waals surface area contributed by atoms with Crippen LogP contribution in [0, 0.1) is 0 Å². The Morgan fingerprint density at radius 1 is 0.741 bits per heavy atom. The highest BCUT2D eigenvalue weighted by molar-refractivity contribution is 7.64. The maximum atomic E-state index is 6.94. The van der Waals surface area contributed by atoms with Crippen LogP contribution in [0.3, 0.4) is 0 Å². The molecule has 0 aliphatic carbocycles. The van der Waals surface area contributed by atoms with Crippen LogP contribution in [0.1, 0.15) is 38.5 Å². The first-order chi connectivity index (χ1) is 12.9. The number of benzene rings is 1. The number of hydrogen-bond acceptors (Lipinski definition) is 6. The molecule has 0 saturated carbocycles. The summed E-state index contributed by atoms with van der Waals surface area (Å²) in [5, 5.41) is 8.72. The number of nitrogens with zero attached hydrogens (tertiary/aromatic N) is 6. The van der Waals surface area contributed by atoms with Crippen LogP contribution >= 0.6 is 7.94 Å². The molecule has 3 aliphatic heterocycles. The minimum atomic E-state index is -2.07. The van der Waals surface area contributed by atoms with Gasteiger partial charge in [-0.2, -0.15) is 4.62 Å². The number of rotatable bonds is 5. The largest absolute Gasteiger partial charge is 1.00 e. The van der Waals surface area contributed by atoms with Crippen LogP contribution in [0.25, 0.3) is 11.0 Å². The molecule has 0 bridgehead atoms. The summed E-state index contributed by atoms with van der Waals surface area (Å²) >= 11 is 0. The molecule has 9 heteroatoms. The van der Waals surface area contributed by atoms with Crippen molar-refractivity contribution in [3.63, 3.8) is 0 Å². The SMILES string of the molecule is [Br-].c1ccc2c(c1)nnn2O[P+](N1CCCC1)(N1CCCC1)N1CCCC1. The predicted octanol–water partition coefficient (Wildman–Crippen LogP) is -0.171. The van der Waals surface area contributed by atoms with E-state index >= 15 is 0 Å². The van der Waals surface area contributed by atoms with Gasteiger partial charge in [-0.3, -0.25) is 0 Å². The molecule has 1 aromatic heterocycles. The molecule has 148 valence electrons. The Hall–Kier alpha value is -0.790. The molecule has 0 amide bonds. The molecule has 0 atom stereocenters. The predicted molar refractivity (Wildman–Crippen MR) is 103 cm³/mol. The maximum Gasteiger partial charge on any atom is 0.451 e. The van der Waals surface area contributed by atoms with Crippen LogP contribution in [-0.4, -0.2) is 68.4 Å². The Morgan fingerprint density at radius 2 is 1.22 bits per heavy atom. The second-order valence-electron chi connectivity index (χ2n) is 7.53. The summed E-state index contributed by atoms with van der Waals surface area (Å²) in [5.74, 6) is 0. The molecule has 27 heavy (non-hydrogen) atoms. The quantitative estimate of drug-likeness (QED) is 0.584. The van der Waals surface area contributed by atoms with E-state index in [0.29, 0.717) is 0 Å². The molecule has 3 fully saturated rings. The summed E-state index contributed by atoms with van der Waals surface area (Å²) in [5.41, 5.74) is 1.87. The molecule has 0 N–H and O–H groups in total. The molecule has 7 nitrogen and oxygen atoms in total. The molecule has 0 radical (unpaired) electrons. The highest BCUT2D eigenvalue weighted by Gasteiger charge is 2.63. The summed E-state index contributed by atoms with van der Waals surface area (Å²) in [4.78, 5) is 1.72. The lowest BCUT2D eigenvalue weighted by Crippen LogP contribution is -3.00. The van der Waals surface area contributed by atoms with Crippen molar-refractivity contribution in [2.45, 2.75) is 38.5 Å². The molecule has 0 spiro atoms. The Bertz CT molecular complexity index is 714. The van der Waals surface area contributed by atoms with Gasteiger partial charge in [0.05, 0.1) is 0 Å². The average molecular weight is 455 g/mol. The van der Waals surface area contributed by atoms with Gasteiger partial charge >= 0.3 is 7.94 Å². The van der Waals surface area contributed by atoms with Crippen molar-refractivity contribution < 1.29 is 21.6 Å². The molecular weight excluding hydrogens is 427 g/mol. The zero-order valence-electron chi connectivity index (χ0n) is 15.7. The Balaban J connectivity index is 0.00000180. The molecular formula is C18H28BrN6OP. The van der Waals surface area contributed by atoms with Crippen molar-refractivity contribution in [3.05, 3.63) is 24.3 Å². The molecule has 3 saturated heterocycles. The van der Waals surface area contributed by atoms with Crippen molar-refractivity contribution in [1.82, 2.24) is 29.2 Å². The smallest absolute Gasteiger partial charge is 0.451 e. The Kier molecular flexibility index (Phi) is 6.00. The first kappa shape index (κ1) is 19.5. The zero-order chi connectivity index (χ0) is 17.4. The van der Waals surface area contributed by atoms with E-state index in [9.17, 15) is 0 Å². The van der Waals surface area contributed by atoms with Gasteiger partial charge in [0.2, 0.25) is 0 Å². The third-order valence-electron chi connectivity index (χ3n) is 5.86. The minimum absolute atomic E-state index is 0. The van der Waals surface area contributed by atoms with Crippen molar-refractivity contribution >= 4 is 19.0 Å². The number of halogens is 1. The summed E-state index contributed by atoms with van der Waals surface area (Å²) in [6, 6.07) is 8.10. The minimum Gasteiger partial charge on any atom is -1.00 e. The molecule has 3 aliphatic rings. The van der Waals surface area contributed by atoms with Crippen molar-refractivity contribution in [3.8, 4) is 0 Å². The van der Waals surface area contributed by atoms with Crippen LogP contribution < -0.4 is 21.6 Å². The first-order valence-corrected chi connectivity index (χ1v) is 11.6. The summed E-state index contributed by atoms with van der Waals surface area (Å²) in [7, 11) is -2.07. The van der Waals surface area contributed by atoms with Gasteiger partial charge < -0.3 is 17.0 Å². The number of aromatic nitrogens is 3. The van der Waals surface area contributed by atoms with Gasteiger partial charge in [0, 0.05) is 39.3 Å². The van der Waals surface area contributed by atoms with Gasteiger partial charge in [0.25, 0.3) is 0 Å². The van der Waals surface area contributed by atoms with E-state index in [2.05, 4.69) is 30.4 Å². The van der Waals surface area contributed by atoms with E-state index in [1.165, 1.54) is 38.5 Å². The maximum absolute atomic E-state index is 6.94. The van der Waals surface area contributed by atoms with Crippen LogP contribution in [-0.2, 0) is 0 Å². The van der Waals surface area contributed by atoms with Crippen LogP contribution in [0.15, 0.2) is 24.3 Å². The number of fused-ring (bicyclic) bond motifs is 1. The van der Waals surface area contributed by atoms with E-state index in [-0.39, 0.29) is 17.0 Å². The Labute approximate surface area is 171 Å². The molecule has 0 unspecified atom stereocenters. The highest BCUT2D eigenvalue weighted by Crippen LogP contribution is 2.68. The van der Waals surface area contributed by atoms with Gasteiger partial charge in [-0.25, -0.2) is 0 Å². The monoisotopic (exact) mass is 454 g/mol. The lowest BCUT2D eigenvalue weighted by molar-refractivity contribution is -0.00000687. The normalized spacial score (nSPS) is 22.5. The standard InChI is InChI=1S/C18H28N6OP.BrH/c1-2-10-18-17(9-1)19-20-24(18)25-26(21-11-3-4-12-21,22-13-5-6-14-22)23-15-7-8-16-23;/h1-2,9-10H,3-8,11-16H2;1H/q+1;/p-1. The van der Waals surface area contributed by atoms with Crippen LogP contribution in [0.5, 0.6) is 0 Å². The van der Waals surface area contributed by atoms with E-state index in [1.54, 1.807) is 4.85 Å². The number of hydrogen-bond donors (Lipinski definition) is 0. The van der Waals surface area contributed by atoms with Crippen molar-refractivity contribution in [2.75, 3.05) is 39.3 Å². The van der Waals surface area contributed by atoms with Gasteiger partial charge in [0.15, 0.2) is 0 Å². The van der Waals surface area contributed by atoms with Crippen molar-refractivity contribution in [2.24, 2.45) is 0 Å². The second-order valence-corrected chi connectivity index (χ2v) is 10.4. The molecule has 5 rings (SSSR count). The molecule has 1 aromatic carbocycles. The highest BCUT2D eigenvalue weighted by atomic mass is 79.9. The topological polar surface area (TPSA) is 49.7 Å². The first-order valence-electron chi connectivity index (χ1n) is 10.0. The summed E-state index contributed by atoms with van der Waals surface area (Å²) in [6.07, 6.45) is 7.61. The van der Waals surface area contributed by atoms with Gasteiger partial charge in [0.1, 0.15) is 11.0 Å². The lowest BCUT2D eigenvalue weighted by atomic mass is 10.3. The van der Waals surface area contributed by atoms with Crippen molar-refractivity contribution in [1.29, 1.82) is 0 Å². The van der Waals surface area contributed by atoms with Gasteiger partial charge in [-0.15, -0.1) is 19.1 Å². The average Bonchev–Trinajstić information content (AvgIpc) is 3.49. The summed E-state index contributed by atoms with van der Waals surface area (Å²) in [6.45, 7) is 6.79. The van der Waals surface area contributed by atoms with E-state index in [4.69, 9.17) is 4.62 Å². The Morgan fingerprint density at radius 3 is 1.74 bits per heavy atom. The fourth-order valence-electron chi connectivity index (χ4n) is 4.59. The molecule has 2 aromatic rings. The third-order valence-corrected chi connectivity index (χ3v) is 9.65. The van der Waals surface area contributed by atoms with Gasteiger partial charge in [-0.1, -0.05) is 12.1 Å². The van der Waals surface area contributed by atoms with E-state index < -0.39 is 7.94 Å². The third kappa shape index (κ3) is 3.40. The molecule has 4 heterocycles. The zero-order valence-corrected chi connectivity index (χ0v) is 18.2. The number of para-hydroxylation sites is 1. The fourth-order valence-corrected chi connectivity index (χ4v) is 8.71. The van der Waals surface area contributed by atoms with Gasteiger partial charge in [-0.05, 0) is 60.7 Å². The lowest BCUT2D eigenvalue weighted by Gasteiger charge is -2.39. The second kappa shape index (κ2) is 8.29. The van der Waals surface area contributed by atoms with E-state index in [0.717, 1.165) is 50.3 Å². The van der Waals surface area contributed by atoms with Crippen LogP contribution in [0.2, 0.25) is 0 Å². The van der Waals surface area contributed by atoms with E-state index in [1.807, 2.05) is 18.2 Å². The fraction of sp³-hybridized carbons (Fsp3) is 0.667. The van der Waals surface area contributed by atoms with Crippen LogP contribution in [0.4, 0.5) is 0 Å². The summed E-state index contributed by atoms with van der Waals surface area (Å²) < 4.78 is 14.9.